The Morgan fingerprint density at radius 3 is 2.58 bits per heavy atom. The standard InChI is InChI=1S/C25H28F2N4O2/c1-5-31(23(32)21-14(2)33-13-30-21)12-25-10-9-16(24(25,3)4)15(22(25)29)11-19(28)20-17(26)7-6-8-18(20)27/h6-8,11,13,16,28-29H,5,9-10,12H2,1-4H3/b15-11-,28-19?,29-22?/t16-,25-/m0/s1. The zero-order valence-corrected chi connectivity index (χ0v) is 19.3. The summed E-state index contributed by atoms with van der Waals surface area (Å²) in [5.74, 6) is -1.44. The van der Waals surface area contributed by atoms with Gasteiger partial charge in [-0.15, -0.1) is 0 Å². The second kappa shape index (κ2) is 8.01. The summed E-state index contributed by atoms with van der Waals surface area (Å²) in [6.45, 7) is 8.50. The van der Waals surface area contributed by atoms with Crippen LogP contribution in [0.1, 0.15) is 55.4 Å². The van der Waals surface area contributed by atoms with E-state index in [1.165, 1.54) is 18.5 Å². The molecule has 174 valence electrons. The van der Waals surface area contributed by atoms with Gasteiger partial charge in [0, 0.05) is 24.2 Å². The minimum Gasteiger partial charge on any atom is -0.448 e. The molecule has 2 fully saturated rings. The summed E-state index contributed by atoms with van der Waals surface area (Å²) in [4.78, 5) is 18.9. The molecule has 8 heteroatoms. The largest absolute Gasteiger partial charge is 0.448 e. The van der Waals surface area contributed by atoms with Gasteiger partial charge < -0.3 is 20.1 Å². The highest BCUT2D eigenvalue weighted by molar-refractivity contribution is 6.15. The van der Waals surface area contributed by atoms with Crippen LogP contribution in [0, 0.1) is 46.1 Å². The fourth-order valence-corrected chi connectivity index (χ4v) is 5.68. The molecule has 1 aromatic carbocycles. The Morgan fingerprint density at radius 2 is 2.00 bits per heavy atom. The van der Waals surface area contributed by atoms with Gasteiger partial charge in [0.15, 0.2) is 12.1 Å². The van der Waals surface area contributed by atoms with Crippen molar-refractivity contribution in [2.45, 2.75) is 40.5 Å². The van der Waals surface area contributed by atoms with Gasteiger partial charge >= 0.3 is 0 Å². The summed E-state index contributed by atoms with van der Waals surface area (Å²) >= 11 is 0. The van der Waals surface area contributed by atoms with Crippen molar-refractivity contribution in [2.24, 2.45) is 16.7 Å². The first-order valence-corrected chi connectivity index (χ1v) is 11.1. The van der Waals surface area contributed by atoms with Crippen LogP contribution in [0.5, 0.6) is 0 Å². The molecule has 0 aliphatic heterocycles. The highest BCUT2D eigenvalue weighted by atomic mass is 19.1. The van der Waals surface area contributed by atoms with E-state index in [-0.39, 0.29) is 34.2 Å². The summed E-state index contributed by atoms with van der Waals surface area (Å²) in [6.07, 6.45) is 4.19. The van der Waals surface area contributed by atoms with Crippen LogP contribution in [-0.4, -0.2) is 40.3 Å². The minimum absolute atomic E-state index is 0.0391. The van der Waals surface area contributed by atoms with Gasteiger partial charge in [0.05, 0.1) is 11.3 Å². The first-order valence-electron chi connectivity index (χ1n) is 11.1. The number of amides is 1. The number of oxazole rings is 1. The zero-order valence-electron chi connectivity index (χ0n) is 19.3. The number of hydrogen-bond donors (Lipinski definition) is 2. The van der Waals surface area contributed by atoms with Gasteiger partial charge in [-0.1, -0.05) is 19.9 Å². The smallest absolute Gasteiger partial charge is 0.276 e. The number of benzene rings is 1. The molecule has 1 heterocycles. The average molecular weight is 455 g/mol. The quantitative estimate of drug-likeness (QED) is 0.590. The Bertz CT molecular complexity index is 1160. The maximum absolute atomic E-state index is 14.2. The van der Waals surface area contributed by atoms with Crippen LogP contribution >= 0.6 is 0 Å². The van der Waals surface area contributed by atoms with E-state index in [0.717, 1.165) is 25.0 Å². The summed E-state index contributed by atoms with van der Waals surface area (Å²) in [6, 6.07) is 3.51. The van der Waals surface area contributed by atoms with Gasteiger partial charge in [-0.2, -0.15) is 0 Å². The van der Waals surface area contributed by atoms with Gasteiger partial charge in [-0.25, -0.2) is 13.8 Å². The van der Waals surface area contributed by atoms with Gasteiger partial charge in [0.25, 0.3) is 5.91 Å². The lowest BCUT2D eigenvalue weighted by molar-refractivity contribution is 0.0622. The van der Waals surface area contributed by atoms with Crippen molar-refractivity contribution in [1.29, 1.82) is 10.8 Å². The molecular formula is C25H28F2N4O2. The Labute approximate surface area is 191 Å². The highest BCUT2D eigenvalue weighted by Gasteiger charge is 2.65. The van der Waals surface area contributed by atoms with Gasteiger partial charge in [0.2, 0.25) is 0 Å². The third kappa shape index (κ3) is 3.34. The van der Waals surface area contributed by atoms with Crippen molar-refractivity contribution in [3.05, 3.63) is 64.9 Å². The maximum Gasteiger partial charge on any atom is 0.276 e. The van der Waals surface area contributed by atoms with Gasteiger partial charge in [-0.05, 0) is 61.8 Å². The van der Waals surface area contributed by atoms with E-state index in [4.69, 9.17) is 15.2 Å². The molecule has 0 spiro atoms. The molecule has 1 aromatic heterocycles. The summed E-state index contributed by atoms with van der Waals surface area (Å²) in [5, 5.41) is 17.4. The first-order chi connectivity index (χ1) is 15.5. The molecule has 0 radical (unpaired) electrons. The molecule has 2 atom stereocenters. The molecule has 2 bridgehead atoms. The number of aryl methyl sites for hydroxylation is 1. The van der Waals surface area contributed by atoms with E-state index in [1.54, 1.807) is 11.8 Å². The number of halogens is 2. The third-order valence-corrected chi connectivity index (χ3v) is 7.72. The Kier molecular flexibility index (Phi) is 5.58. The van der Waals surface area contributed by atoms with Crippen LogP contribution in [0.3, 0.4) is 0 Å². The maximum atomic E-state index is 14.2. The predicted molar refractivity (Wildman–Crippen MR) is 121 cm³/mol. The zero-order chi connectivity index (χ0) is 24.1. The van der Waals surface area contributed by atoms with Crippen molar-refractivity contribution < 1.29 is 18.0 Å². The Hall–Kier alpha value is -3.16. The van der Waals surface area contributed by atoms with Crippen LogP contribution in [0.15, 0.2) is 40.7 Å². The Morgan fingerprint density at radius 1 is 1.33 bits per heavy atom. The van der Waals surface area contributed by atoms with Crippen molar-refractivity contribution in [1.82, 2.24) is 9.88 Å². The van der Waals surface area contributed by atoms with Crippen LogP contribution in [-0.2, 0) is 0 Å². The van der Waals surface area contributed by atoms with Crippen molar-refractivity contribution in [2.75, 3.05) is 13.1 Å². The first kappa shape index (κ1) is 23.0. The number of aromatic nitrogens is 1. The summed E-state index contributed by atoms with van der Waals surface area (Å²) < 4.78 is 33.7. The number of allylic oxidation sites excluding steroid dienone is 2. The molecule has 33 heavy (non-hydrogen) atoms. The van der Waals surface area contributed by atoms with Gasteiger partial charge in [0.1, 0.15) is 17.4 Å². The van der Waals surface area contributed by atoms with Crippen LogP contribution < -0.4 is 0 Å². The van der Waals surface area contributed by atoms with E-state index in [2.05, 4.69) is 18.8 Å². The van der Waals surface area contributed by atoms with E-state index in [0.29, 0.717) is 30.1 Å². The fraction of sp³-hybridized carbons (Fsp3) is 0.440. The topological polar surface area (TPSA) is 94.0 Å². The molecule has 2 N–H and O–H groups in total. The molecule has 0 saturated heterocycles. The number of nitrogens with zero attached hydrogens (tertiary/aromatic N) is 2. The molecule has 2 saturated carbocycles. The second-order valence-corrected chi connectivity index (χ2v) is 9.46. The van der Waals surface area contributed by atoms with Crippen LogP contribution in [0.2, 0.25) is 0 Å². The highest BCUT2D eigenvalue weighted by Crippen LogP contribution is 2.66. The molecule has 2 aliphatic rings. The lowest BCUT2D eigenvalue weighted by atomic mass is 9.68. The molecule has 1 amide bonds. The molecule has 2 aromatic rings. The SMILES string of the molecule is CCN(C[C@@]12CC[C@@H](/C(=C/C(=N)c3c(F)cccc3F)C1=N)C2(C)C)C(=O)c1ncoc1C. The third-order valence-electron chi connectivity index (χ3n) is 7.72. The Balaban J connectivity index is 1.69. The number of nitrogens with one attached hydrogen (secondary N) is 2. The molecule has 4 rings (SSSR count). The normalized spacial score (nSPS) is 24.5. The van der Waals surface area contributed by atoms with Crippen LogP contribution in [0.25, 0.3) is 0 Å². The number of carbonyl (C=O) groups is 1. The number of carbonyl (C=O) groups excluding carboxylic acids is 1. The molecule has 6 nitrogen and oxygen atoms in total. The van der Waals surface area contributed by atoms with E-state index >= 15 is 0 Å². The predicted octanol–water partition coefficient (Wildman–Crippen LogP) is 5.17. The minimum atomic E-state index is -0.800. The molecule has 2 aliphatic carbocycles. The molecular weight excluding hydrogens is 426 g/mol. The van der Waals surface area contributed by atoms with Crippen molar-refractivity contribution in [3.63, 3.8) is 0 Å². The number of rotatable bonds is 6. The lowest BCUT2D eigenvalue weighted by Gasteiger charge is -2.41. The molecule has 0 unspecified atom stereocenters. The lowest BCUT2D eigenvalue weighted by Crippen LogP contribution is -2.48. The average Bonchev–Trinajstić information content (AvgIpc) is 3.33. The second-order valence-electron chi connectivity index (χ2n) is 9.46. The van der Waals surface area contributed by atoms with Crippen molar-refractivity contribution in [3.8, 4) is 0 Å². The monoisotopic (exact) mass is 454 g/mol. The summed E-state index contributed by atoms with van der Waals surface area (Å²) in [7, 11) is 0. The fourth-order valence-electron chi connectivity index (χ4n) is 5.68. The summed E-state index contributed by atoms with van der Waals surface area (Å²) in [5.41, 5.74) is -0.437. The van der Waals surface area contributed by atoms with E-state index < -0.39 is 17.0 Å². The van der Waals surface area contributed by atoms with Crippen molar-refractivity contribution >= 4 is 17.3 Å². The van der Waals surface area contributed by atoms with E-state index in [1.807, 2.05) is 6.92 Å². The number of fused-ring (bicyclic) bond motifs is 2. The number of hydrogen-bond acceptors (Lipinski definition) is 5. The van der Waals surface area contributed by atoms with Gasteiger partial charge in [-0.3, -0.25) is 4.79 Å². The van der Waals surface area contributed by atoms with E-state index in [9.17, 15) is 13.6 Å². The van der Waals surface area contributed by atoms with Crippen LogP contribution in [0.4, 0.5) is 8.78 Å².